The molecule has 1 atom stereocenters. The van der Waals surface area contributed by atoms with Gasteiger partial charge in [0.15, 0.2) is 0 Å². The minimum atomic E-state index is -0.649. The summed E-state index contributed by atoms with van der Waals surface area (Å²) in [6.45, 7) is 3.85. The van der Waals surface area contributed by atoms with Crippen LogP contribution in [0.4, 0.5) is 0 Å². The number of pyridine rings is 1. The largest absolute Gasteiger partial charge is 0.341 e. The fourth-order valence-electron chi connectivity index (χ4n) is 1.70. The van der Waals surface area contributed by atoms with Gasteiger partial charge >= 0.3 is 0 Å². The molecule has 0 aliphatic rings. The highest BCUT2D eigenvalue weighted by atomic mass is 16.2. The third-order valence-corrected chi connectivity index (χ3v) is 2.61. The van der Waals surface area contributed by atoms with Crippen LogP contribution < -0.4 is 10.6 Å². The van der Waals surface area contributed by atoms with Crippen molar-refractivity contribution in [2.75, 3.05) is 6.54 Å². The van der Waals surface area contributed by atoms with Crippen molar-refractivity contribution < 1.29 is 9.59 Å². The Kier molecular flexibility index (Phi) is 6.17. The molecule has 1 aromatic heterocycles. The Morgan fingerprint density at radius 3 is 2.55 bits per heavy atom. The molecule has 0 aliphatic heterocycles. The van der Waals surface area contributed by atoms with E-state index in [2.05, 4.69) is 15.6 Å². The third-order valence-electron chi connectivity index (χ3n) is 2.61. The molecule has 0 bridgehead atoms. The molecule has 106 valence electrons. The van der Waals surface area contributed by atoms with Crippen molar-refractivity contribution in [3.8, 4) is 6.07 Å². The number of nitrogens with one attached hydrogen (secondary N) is 2. The molecular weight excluding hydrogens is 256 g/mol. The highest BCUT2D eigenvalue weighted by Crippen LogP contribution is 2.06. The maximum atomic E-state index is 12.0. The van der Waals surface area contributed by atoms with E-state index in [9.17, 15) is 9.59 Å². The van der Waals surface area contributed by atoms with Crippen LogP contribution in [-0.4, -0.2) is 29.4 Å². The summed E-state index contributed by atoms with van der Waals surface area (Å²) in [7, 11) is 0. The number of carbonyl (C=O) groups excluding carboxylic acids is 2. The molecule has 1 unspecified atom stereocenters. The van der Waals surface area contributed by atoms with Crippen molar-refractivity contribution in [3.63, 3.8) is 0 Å². The van der Waals surface area contributed by atoms with Crippen LogP contribution in [0.2, 0.25) is 0 Å². The summed E-state index contributed by atoms with van der Waals surface area (Å²) in [5.74, 6) is -0.432. The topological polar surface area (TPSA) is 94.9 Å². The summed E-state index contributed by atoms with van der Waals surface area (Å²) in [5.41, 5.74) is 0.446. The second-order valence-electron chi connectivity index (χ2n) is 4.77. The number of amides is 2. The van der Waals surface area contributed by atoms with Gasteiger partial charge in [-0.25, -0.2) is 0 Å². The summed E-state index contributed by atoms with van der Waals surface area (Å²) in [6, 6.07) is 4.35. The Morgan fingerprint density at radius 2 is 2.00 bits per heavy atom. The number of aromatic nitrogens is 1. The number of hydrogen-bond acceptors (Lipinski definition) is 4. The van der Waals surface area contributed by atoms with E-state index in [1.54, 1.807) is 12.1 Å². The van der Waals surface area contributed by atoms with E-state index < -0.39 is 6.04 Å². The monoisotopic (exact) mass is 274 g/mol. The highest BCUT2D eigenvalue weighted by Gasteiger charge is 2.22. The number of rotatable bonds is 6. The SMILES string of the molecule is CC(C)CC(NC(=O)c1ccncc1)C(=O)NCC#N. The smallest absolute Gasteiger partial charge is 0.252 e. The van der Waals surface area contributed by atoms with Gasteiger partial charge in [0.2, 0.25) is 5.91 Å². The van der Waals surface area contributed by atoms with Crippen molar-refractivity contribution in [2.45, 2.75) is 26.3 Å². The predicted molar refractivity (Wildman–Crippen MR) is 73.6 cm³/mol. The van der Waals surface area contributed by atoms with E-state index in [0.717, 1.165) is 0 Å². The first-order valence-corrected chi connectivity index (χ1v) is 6.40. The van der Waals surface area contributed by atoms with Gasteiger partial charge in [0.25, 0.3) is 5.91 Å². The maximum absolute atomic E-state index is 12.0. The lowest BCUT2D eigenvalue weighted by Gasteiger charge is -2.19. The molecule has 1 rings (SSSR count). The van der Waals surface area contributed by atoms with E-state index in [1.807, 2.05) is 19.9 Å². The molecule has 6 nitrogen and oxygen atoms in total. The van der Waals surface area contributed by atoms with Gasteiger partial charge in [0, 0.05) is 18.0 Å². The number of carbonyl (C=O) groups is 2. The lowest BCUT2D eigenvalue weighted by atomic mass is 10.0. The van der Waals surface area contributed by atoms with Gasteiger partial charge in [-0.1, -0.05) is 13.8 Å². The average molecular weight is 274 g/mol. The van der Waals surface area contributed by atoms with Crippen LogP contribution in [0.1, 0.15) is 30.6 Å². The lowest BCUT2D eigenvalue weighted by molar-refractivity contribution is -0.123. The van der Waals surface area contributed by atoms with Gasteiger partial charge in [0.1, 0.15) is 12.6 Å². The van der Waals surface area contributed by atoms with Gasteiger partial charge in [-0.2, -0.15) is 5.26 Å². The van der Waals surface area contributed by atoms with Crippen LogP contribution in [0.3, 0.4) is 0 Å². The second kappa shape index (κ2) is 7.89. The van der Waals surface area contributed by atoms with Crippen LogP contribution in [0, 0.1) is 17.2 Å². The van der Waals surface area contributed by atoms with Gasteiger partial charge < -0.3 is 10.6 Å². The van der Waals surface area contributed by atoms with Crippen LogP contribution in [0.15, 0.2) is 24.5 Å². The summed E-state index contributed by atoms with van der Waals surface area (Å²) >= 11 is 0. The normalized spacial score (nSPS) is 11.5. The molecule has 1 heterocycles. The van der Waals surface area contributed by atoms with Crippen molar-refractivity contribution in [2.24, 2.45) is 5.92 Å². The molecule has 1 aromatic rings. The van der Waals surface area contributed by atoms with E-state index >= 15 is 0 Å². The Labute approximate surface area is 118 Å². The zero-order valence-corrected chi connectivity index (χ0v) is 11.6. The Morgan fingerprint density at radius 1 is 1.35 bits per heavy atom. The molecule has 20 heavy (non-hydrogen) atoms. The molecule has 2 amide bonds. The van der Waals surface area contributed by atoms with Gasteiger partial charge in [-0.05, 0) is 24.5 Å². The number of nitrogens with zero attached hydrogens (tertiary/aromatic N) is 2. The quantitative estimate of drug-likeness (QED) is 0.752. The predicted octanol–water partition coefficient (Wildman–Crippen LogP) is 0.866. The molecule has 0 fully saturated rings. The molecule has 2 N–H and O–H groups in total. The Bertz CT molecular complexity index is 494. The maximum Gasteiger partial charge on any atom is 0.252 e. The first-order valence-electron chi connectivity index (χ1n) is 6.40. The third kappa shape index (κ3) is 5.06. The Balaban J connectivity index is 2.72. The van der Waals surface area contributed by atoms with Gasteiger partial charge in [-0.15, -0.1) is 0 Å². The van der Waals surface area contributed by atoms with Crippen LogP contribution >= 0.6 is 0 Å². The fourth-order valence-corrected chi connectivity index (χ4v) is 1.70. The van der Waals surface area contributed by atoms with Crippen molar-refractivity contribution in [3.05, 3.63) is 30.1 Å². The van der Waals surface area contributed by atoms with E-state index in [4.69, 9.17) is 5.26 Å². The van der Waals surface area contributed by atoms with E-state index in [0.29, 0.717) is 12.0 Å². The average Bonchev–Trinajstić information content (AvgIpc) is 2.44. The van der Waals surface area contributed by atoms with Crippen LogP contribution in [0.25, 0.3) is 0 Å². The highest BCUT2D eigenvalue weighted by molar-refractivity contribution is 5.97. The molecule has 0 spiro atoms. The minimum absolute atomic E-state index is 0.0709. The summed E-state index contributed by atoms with van der Waals surface area (Å²) in [4.78, 5) is 27.8. The van der Waals surface area contributed by atoms with Crippen LogP contribution in [0.5, 0.6) is 0 Å². The van der Waals surface area contributed by atoms with Crippen molar-refractivity contribution >= 4 is 11.8 Å². The molecule has 0 saturated heterocycles. The number of nitriles is 1. The van der Waals surface area contributed by atoms with E-state index in [-0.39, 0.29) is 24.3 Å². The molecule has 0 aliphatic carbocycles. The number of hydrogen-bond donors (Lipinski definition) is 2. The molecule has 6 heteroatoms. The second-order valence-corrected chi connectivity index (χ2v) is 4.77. The van der Waals surface area contributed by atoms with E-state index in [1.165, 1.54) is 12.4 Å². The Hall–Kier alpha value is -2.42. The zero-order valence-electron chi connectivity index (χ0n) is 11.6. The first-order chi connectivity index (χ1) is 9.54. The summed E-state index contributed by atoms with van der Waals surface area (Å²) in [5, 5.41) is 13.6. The summed E-state index contributed by atoms with van der Waals surface area (Å²) < 4.78 is 0. The molecule has 0 radical (unpaired) electrons. The lowest BCUT2D eigenvalue weighted by Crippen LogP contribution is -2.47. The minimum Gasteiger partial charge on any atom is -0.341 e. The fraction of sp³-hybridized carbons (Fsp3) is 0.429. The van der Waals surface area contributed by atoms with Crippen molar-refractivity contribution in [1.82, 2.24) is 15.6 Å². The zero-order chi connectivity index (χ0) is 15.0. The van der Waals surface area contributed by atoms with Gasteiger partial charge in [0.05, 0.1) is 6.07 Å². The molecule has 0 saturated carbocycles. The summed E-state index contributed by atoms with van der Waals surface area (Å²) in [6.07, 6.45) is 3.54. The molecular formula is C14H18N4O2. The standard InChI is InChI=1S/C14H18N4O2/c1-10(2)9-12(14(20)17-8-5-15)18-13(19)11-3-6-16-7-4-11/h3-4,6-7,10,12H,8-9H2,1-2H3,(H,17,20)(H,18,19). The van der Waals surface area contributed by atoms with Gasteiger partial charge in [-0.3, -0.25) is 14.6 Å². The molecule has 0 aromatic carbocycles. The van der Waals surface area contributed by atoms with Crippen molar-refractivity contribution in [1.29, 1.82) is 5.26 Å². The first kappa shape index (κ1) is 15.6. The van der Waals surface area contributed by atoms with Crippen LogP contribution in [-0.2, 0) is 4.79 Å².